The van der Waals surface area contributed by atoms with Gasteiger partial charge >= 0.3 is 0 Å². The minimum Gasteiger partial charge on any atom is -0.263 e. The van der Waals surface area contributed by atoms with E-state index in [1.807, 2.05) is 18.5 Å². The molecule has 2 rings (SSSR count). The Morgan fingerprint density at radius 2 is 1.80 bits per heavy atom. The number of rotatable bonds is 3. The summed E-state index contributed by atoms with van der Waals surface area (Å²) in [5.74, 6) is 0.492. The number of hydrogen-bond donors (Lipinski definition) is 0. The minimum absolute atomic E-state index is 0.211. The lowest BCUT2D eigenvalue weighted by Crippen LogP contribution is -2.22. The molecule has 0 fully saturated rings. The third-order valence-corrected chi connectivity index (χ3v) is 3.99. The standard InChI is InChI=1S/C17H21ClN2/c1-11(2)13-6-12(3)16(20-8-13)17(4,5)14-7-15(18)10-19-9-14/h6-11H,1-5H3. The molecular formula is C17H21ClN2. The van der Waals surface area contributed by atoms with E-state index in [-0.39, 0.29) is 5.41 Å². The van der Waals surface area contributed by atoms with Crippen LogP contribution < -0.4 is 0 Å². The summed E-state index contributed by atoms with van der Waals surface area (Å²) in [5, 5.41) is 0.659. The van der Waals surface area contributed by atoms with Crippen LogP contribution in [0.3, 0.4) is 0 Å². The summed E-state index contributed by atoms with van der Waals surface area (Å²) in [6, 6.07) is 4.19. The highest BCUT2D eigenvalue weighted by Crippen LogP contribution is 2.33. The molecule has 0 N–H and O–H groups in total. The highest BCUT2D eigenvalue weighted by molar-refractivity contribution is 6.30. The maximum absolute atomic E-state index is 6.06. The van der Waals surface area contributed by atoms with Crippen molar-refractivity contribution in [2.45, 2.75) is 46.0 Å². The minimum atomic E-state index is -0.211. The van der Waals surface area contributed by atoms with Crippen molar-refractivity contribution < 1.29 is 0 Å². The first kappa shape index (κ1) is 15.0. The number of hydrogen-bond acceptors (Lipinski definition) is 2. The molecule has 2 heterocycles. The Morgan fingerprint density at radius 3 is 2.35 bits per heavy atom. The van der Waals surface area contributed by atoms with E-state index in [0.717, 1.165) is 11.3 Å². The van der Waals surface area contributed by atoms with Crippen LogP contribution in [0, 0.1) is 6.92 Å². The largest absolute Gasteiger partial charge is 0.263 e. The van der Waals surface area contributed by atoms with E-state index in [1.165, 1.54) is 11.1 Å². The molecule has 0 spiro atoms. The molecule has 106 valence electrons. The summed E-state index contributed by atoms with van der Waals surface area (Å²) in [5.41, 5.74) is 4.42. The molecule has 0 saturated heterocycles. The van der Waals surface area contributed by atoms with Gasteiger partial charge in [0, 0.05) is 24.0 Å². The molecule has 0 aliphatic heterocycles. The van der Waals surface area contributed by atoms with Gasteiger partial charge in [-0.05, 0) is 35.6 Å². The first-order valence-corrected chi connectivity index (χ1v) is 7.28. The molecule has 0 atom stereocenters. The van der Waals surface area contributed by atoms with Gasteiger partial charge in [-0.3, -0.25) is 9.97 Å². The second-order valence-corrected chi connectivity index (χ2v) is 6.54. The van der Waals surface area contributed by atoms with Crippen LogP contribution in [0.5, 0.6) is 0 Å². The van der Waals surface area contributed by atoms with Crippen LogP contribution in [-0.2, 0) is 5.41 Å². The van der Waals surface area contributed by atoms with Gasteiger partial charge in [-0.25, -0.2) is 0 Å². The monoisotopic (exact) mass is 288 g/mol. The molecule has 0 bridgehead atoms. The Hall–Kier alpha value is -1.41. The summed E-state index contributed by atoms with van der Waals surface area (Å²) in [6.07, 6.45) is 5.50. The zero-order valence-corrected chi connectivity index (χ0v) is 13.5. The predicted octanol–water partition coefficient (Wildman–Crippen LogP) is 4.89. The van der Waals surface area contributed by atoms with Crippen LogP contribution in [0.25, 0.3) is 0 Å². The lowest BCUT2D eigenvalue weighted by atomic mass is 9.80. The van der Waals surface area contributed by atoms with Crippen molar-refractivity contribution in [2.75, 3.05) is 0 Å². The van der Waals surface area contributed by atoms with E-state index >= 15 is 0 Å². The van der Waals surface area contributed by atoms with Gasteiger partial charge in [0.2, 0.25) is 0 Å². The average Bonchev–Trinajstić information content (AvgIpc) is 2.38. The van der Waals surface area contributed by atoms with E-state index in [4.69, 9.17) is 16.6 Å². The molecule has 0 amide bonds. The zero-order chi connectivity index (χ0) is 14.9. The van der Waals surface area contributed by atoms with Crippen molar-refractivity contribution in [1.82, 2.24) is 9.97 Å². The SMILES string of the molecule is Cc1cc(C(C)C)cnc1C(C)(C)c1cncc(Cl)c1. The fourth-order valence-electron chi connectivity index (χ4n) is 2.46. The summed E-state index contributed by atoms with van der Waals surface area (Å²) in [6.45, 7) is 10.8. The van der Waals surface area contributed by atoms with Crippen LogP contribution in [0.4, 0.5) is 0 Å². The first-order chi connectivity index (χ1) is 9.32. The Balaban J connectivity index is 2.49. The van der Waals surface area contributed by atoms with Crippen LogP contribution in [-0.4, -0.2) is 9.97 Å². The second kappa shape index (κ2) is 5.53. The van der Waals surface area contributed by atoms with E-state index < -0.39 is 0 Å². The highest BCUT2D eigenvalue weighted by atomic mass is 35.5. The molecule has 2 aromatic heterocycles. The Labute approximate surface area is 126 Å². The second-order valence-electron chi connectivity index (χ2n) is 6.11. The van der Waals surface area contributed by atoms with Crippen LogP contribution in [0.15, 0.2) is 30.7 Å². The molecular weight excluding hydrogens is 268 g/mol. The molecule has 0 radical (unpaired) electrons. The Morgan fingerprint density at radius 1 is 1.10 bits per heavy atom. The van der Waals surface area contributed by atoms with E-state index in [2.05, 4.69) is 45.7 Å². The fourth-order valence-corrected chi connectivity index (χ4v) is 2.63. The number of pyridine rings is 2. The number of aryl methyl sites for hydroxylation is 1. The molecule has 2 nitrogen and oxygen atoms in total. The summed E-state index contributed by atoms with van der Waals surface area (Å²) < 4.78 is 0. The molecule has 0 unspecified atom stereocenters. The van der Waals surface area contributed by atoms with Gasteiger partial charge in [0.05, 0.1) is 10.7 Å². The predicted molar refractivity (Wildman–Crippen MR) is 84.4 cm³/mol. The zero-order valence-electron chi connectivity index (χ0n) is 12.7. The molecule has 20 heavy (non-hydrogen) atoms. The lowest BCUT2D eigenvalue weighted by Gasteiger charge is -2.27. The Kier molecular flexibility index (Phi) is 4.14. The molecule has 0 aliphatic carbocycles. The van der Waals surface area contributed by atoms with Gasteiger partial charge in [-0.1, -0.05) is 45.4 Å². The van der Waals surface area contributed by atoms with Crippen LogP contribution >= 0.6 is 11.6 Å². The van der Waals surface area contributed by atoms with E-state index in [0.29, 0.717) is 10.9 Å². The molecule has 0 aliphatic rings. The molecule has 0 aromatic carbocycles. The number of aromatic nitrogens is 2. The topological polar surface area (TPSA) is 25.8 Å². The lowest BCUT2D eigenvalue weighted by molar-refractivity contribution is 0.606. The van der Waals surface area contributed by atoms with Gasteiger partial charge in [0.15, 0.2) is 0 Å². The quantitative estimate of drug-likeness (QED) is 0.804. The van der Waals surface area contributed by atoms with E-state index in [9.17, 15) is 0 Å². The first-order valence-electron chi connectivity index (χ1n) is 6.90. The van der Waals surface area contributed by atoms with Gasteiger partial charge in [-0.15, -0.1) is 0 Å². The fraction of sp³-hybridized carbons (Fsp3) is 0.412. The van der Waals surface area contributed by atoms with Crippen molar-refractivity contribution in [1.29, 1.82) is 0 Å². The van der Waals surface area contributed by atoms with Crippen molar-refractivity contribution >= 4 is 11.6 Å². The van der Waals surface area contributed by atoms with Crippen LogP contribution in [0.2, 0.25) is 5.02 Å². The van der Waals surface area contributed by atoms with Gasteiger partial charge in [0.25, 0.3) is 0 Å². The van der Waals surface area contributed by atoms with Crippen molar-refractivity contribution in [3.05, 3.63) is 58.1 Å². The average molecular weight is 289 g/mol. The smallest absolute Gasteiger partial charge is 0.0592 e. The van der Waals surface area contributed by atoms with Gasteiger partial charge in [0.1, 0.15) is 0 Å². The normalized spacial score (nSPS) is 11.9. The molecule has 0 saturated carbocycles. The van der Waals surface area contributed by atoms with Crippen molar-refractivity contribution in [2.24, 2.45) is 0 Å². The molecule has 2 aromatic rings. The highest BCUT2D eigenvalue weighted by Gasteiger charge is 2.27. The third-order valence-electron chi connectivity index (χ3n) is 3.78. The number of nitrogens with zero attached hydrogens (tertiary/aromatic N) is 2. The van der Waals surface area contributed by atoms with Gasteiger partial charge in [-0.2, -0.15) is 0 Å². The van der Waals surface area contributed by atoms with Gasteiger partial charge < -0.3 is 0 Å². The number of halogens is 1. The maximum Gasteiger partial charge on any atom is 0.0592 e. The van der Waals surface area contributed by atoms with Crippen LogP contribution in [0.1, 0.15) is 56.0 Å². The van der Waals surface area contributed by atoms with E-state index in [1.54, 1.807) is 6.20 Å². The maximum atomic E-state index is 6.06. The third kappa shape index (κ3) is 2.85. The summed E-state index contributed by atoms with van der Waals surface area (Å²) in [4.78, 5) is 8.90. The van der Waals surface area contributed by atoms with Crippen molar-refractivity contribution in [3.63, 3.8) is 0 Å². The van der Waals surface area contributed by atoms with Crippen molar-refractivity contribution in [3.8, 4) is 0 Å². The Bertz CT molecular complexity index is 618. The molecule has 3 heteroatoms. The summed E-state index contributed by atoms with van der Waals surface area (Å²) in [7, 11) is 0. The summed E-state index contributed by atoms with van der Waals surface area (Å²) >= 11 is 6.06.